The second-order valence-corrected chi connectivity index (χ2v) is 4.67. The molecule has 84 valence electrons. The second-order valence-electron chi connectivity index (χ2n) is 4.40. The molecule has 0 N–H and O–H groups in total. The van der Waals surface area contributed by atoms with Crippen LogP contribution in [0.3, 0.4) is 0 Å². The molecular weight excluding hydrogens is 212 g/mol. The number of carbonyl (C=O) groups is 1. The molecule has 0 spiro atoms. The molecule has 15 heavy (non-hydrogen) atoms. The first-order chi connectivity index (χ1) is 7.20. The molecule has 1 amide bonds. The van der Waals surface area contributed by atoms with Gasteiger partial charge in [0.25, 0.3) is 0 Å². The maximum absolute atomic E-state index is 11.5. The number of nitrogens with zero attached hydrogens (tertiary/aromatic N) is 2. The van der Waals surface area contributed by atoms with Crippen LogP contribution < -0.4 is 0 Å². The lowest BCUT2D eigenvalue weighted by Crippen LogP contribution is -2.51. The predicted molar refractivity (Wildman–Crippen MR) is 61.0 cm³/mol. The summed E-state index contributed by atoms with van der Waals surface area (Å²) in [6.45, 7) is 7.61. The maximum Gasteiger partial charge on any atom is 0.222 e. The van der Waals surface area contributed by atoms with Gasteiger partial charge in [0.2, 0.25) is 5.91 Å². The molecule has 1 atom stereocenters. The first-order valence-electron chi connectivity index (χ1n) is 5.45. The number of alkyl halides is 1. The minimum atomic E-state index is 0.329. The van der Waals surface area contributed by atoms with Crippen molar-refractivity contribution in [2.24, 2.45) is 0 Å². The van der Waals surface area contributed by atoms with Crippen molar-refractivity contribution in [2.75, 3.05) is 32.1 Å². The number of rotatable bonds is 3. The number of piperazine rings is 1. The van der Waals surface area contributed by atoms with E-state index in [1.807, 2.05) is 4.90 Å². The Morgan fingerprint density at radius 2 is 2.33 bits per heavy atom. The van der Waals surface area contributed by atoms with Gasteiger partial charge in [0.05, 0.1) is 0 Å². The Morgan fingerprint density at radius 3 is 3.07 bits per heavy atom. The molecule has 0 bridgehead atoms. The molecule has 2 aliphatic rings. The van der Waals surface area contributed by atoms with Gasteiger partial charge in [-0.05, 0) is 12.0 Å². The zero-order chi connectivity index (χ0) is 10.8. The molecule has 2 heterocycles. The van der Waals surface area contributed by atoms with Crippen LogP contribution in [0.5, 0.6) is 0 Å². The SMILES string of the molecule is C=C(CCl)CN1CCN2C(=O)CCC2C1. The van der Waals surface area contributed by atoms with Gasteiger partial charge in [-0.1, -0.05) is 6.58 Å². The van der Waals surface area contributed by atoms with E-state index in [-0.39, 0.29) is 0 Å². The first kappa shape index (κ1) is 11.0. The topological polar surface area (TPSA) is 23.6 Å². The zero-order valence-electron chi connectivity index (χ0n) is 8.91. The van der Waals surface area contributed by atoms with Crippen molar-refractivity contribution in [2.45, 2.75) is 18.9 Å². The predicted octanol–water partition coefficient (Wildman–Crippen LogP) is 1.09. The molecule has 2 rings (SSSR count). The van der Waals surface area contributed by atoms with E-state index in [0.717, 1.165) is 44.6 Å². The summed E-state index contributed by atoms with van der Waals surface area (Å²) in [6.07, 6.45) is 1.75. The average Bonchev–Trinajstić information content (AvgIpc) is 2.60. The molecule has 0 aromatic carbocycles. The Labute approximate surface area is 95.7 Å². The van der Waals surface area contributed by atoms with E-state index in [1.54, 1.807) is 0 Å². The monoisotopic (exact) mass is 228 g/mol. The summed E-state index contributed by atoms with van der Waals surface area (Å²) >= 11 is 5.71. The van der Waals surface area contributed by atoms with Crippen LogP contribution in [-0.4, -0.2) is 53.8 Å². The van der Waals surface area contributed by atoms with E-state index in [9.17, 15) is 4.79 Å². The van der Waals surface area contributed by atoms with Crippen molar-refractivity contribution in [3.63, 3.8) is 0 Å². The van der Waals surface area contributed by atoms with Gasteiger partial charge in [0, 0.05) is 44.5 Å². The Bertz CT molecular complexity index is 280. The van der Waals surface area contributed by atoms with Crippen molar-refractivity contribution in [3.8, 4) is 0 Å². The van der Waals surface area contributed by atoms with Crippen LogP contribution in [0.4, 0.5) is 0 Å². The smallest absolute Gasteiger partial charge is 0.222 e. The number of carbonyl (C=O) groups excluding carboxylic acids is 1. The van der Waals surface area contributed by atoms with Crippen LogP contribution in [0.1, 0.15) is 12.8 Å². The van der Waals surface area contributed by atoms with Gasteiger partial charge >= 0.3 is 0 Å². The minimum absolute atomic E-state index is 0.329. The largest absolute Gasteiger partial charge is 0.337 e. The molecule has 0 radical (unpaired) electrons. The highest BCUT2D eigenvalue weighted by Gasteiger charge is 2.35. The van der Waals surface area contributed by atoms with E-state index in [0.29, 0.717) is 17.8 Å². The van der Waals surface area contributed by atoms with Crippen LogP contribution in [0, 0.1) is 0 Å². The summed E-state index contributed by atoms with van der Waals surface area (Å²) in [4.78, 5) is 15.8. The van der Waals surface area contributed by atoms with Gasteiger partial charge in [-0.15, -0.1) is 11.6 Å². The summed E-state index contributed by atoms with van der Waals surface area (Å²) in [5.41, 5.74) is 1.06. The molecule has 2 aliphatic heterocycles. The summed E-state index contributed by atoms with van der Waals surface area (Å²) < 4.78 is 0. The minimum Gasteiger partial charge on any atom is -0.337 e. The number of hydrogen-bond donors (Lipinski definition) is 0. The van der Waals surface area contributed by atoms with Crippen LogP contribution >= 0.6 is 11.6 Å². The molecular formula is C11H17ClN2O. The van der Waals surface area contributed by atoms with Gasteiger partial charge in [-0.25, -0.2) is 0 Å². The molecule has 0 aromatic heterocycles. The molecule has 2 saturated heterocycles. The Morgan fingerprint density at radius 1 is 1.53 bits per heavy atom. The van der Waals surface area contributed by atoms with E-state index >= 15 is 0 Å². The first-order valence-corrected chi connectivity index (χ1v) is 5.98. The third-order valence-corrected chi connectivity index (χ3v) is 3.59. The standard InChI is InChI=1S/C11H17ClN2O/c1-9(6-12)7-13-4-5-14-10(8-13)2-3-11(14)15/h10H,1-8H2. The molecule has 1 unspecified atom stereocenters. The number of halogens is 1. The lowest BCUT2D eigenvalue weighted by Gasteiger charge is -2.37. The van der Waals surface area contributed by atoms with Crippen molar-refractivity contribution in [1.29, 1.82) is 0 Å². The Kier molecular flexibility index (Phi) is 3.32. The summed E-state index contributed by atoms with van der Waals surface area (Å²) in [7, 11) is 0. The number of fused-ring (bicyclic) bond motifs is 1. The molecule has 0 saturated carbocycles. The number of hydrogen-bond acceptors (Lipinski definition) is 2. The lowest BCUT2D eigenvalue weighted by atomic mass is 10.1. The molecule has 0 aliphatic carbocycles. The van der Waals surface area contributed by atoms with Crippen LogP contribution in [0.25, 0.3) is 0 Å². The van der Waals surface area contributed by atoms with E-state index in [4.69, 9.17) is 11.6 Å². The van der Waals surface area contributed by atoms with Gasteiger partial charge in [0.1, 0.15) is 0 Å². The summed E-state index contributed by atoms with van der Waals surface area (Å²) in [6, 6.07) is 0.439. The highest BCUT2D eigenvalue weighted by atomic mass is 35.5. The highest BCUT2D eigenvalue weighted by Crippen LogP contribution is 2.23. The van der Waals surface area contributed by atoms with Gasteiger partial charge in [-0.3, -0.25) is 9.69 Å². The Hall–Kier alpha value is -0.540. The number of amides is 1. The fourth-order valence-electron chi connectivity index (χ4n) is 2.43. The summed E-state index contributed by atoms with van der Waals surface area (Å²) in [5.74, 6) is 0.861. The quantitative estimate of drug-likeness (QED) is 0.533. The van der Waals surface area contributed by atoms with Gasteiger partial charge in [0.15, 0.2) is 0 Å². The average molecular weight is 229 g/mol. The molecule has 3 nitrogen and oxygen atoms in total. The molecule has 4 heteroatoms. The van der Waals surface area contributed by atoms with E-state index < -0.39 is 0 Å². The van der Waals surface area contributed by atoms with Crippen molar-refractivity contribution in [3.05, 3.63) is 12.2 Å². The highest BCUT2D eigenvalue weighted by molar-refractivity contribution is 6.19. The van der Waals surface area contributed by atoms with E-state index in [1.165, 1.54) is 0 Å². The fourth-order valence-corrected chi connectivity index (χ4v) is 2.52. The Balaban J connectivity index is 1.88. The third kappa shape index (κ3) is 2.34. The van der Waals surface area contributed by atoms with Gasteiger partial charge < -0.3 is 4.90 Å². The van der Waals surface area contributed by atoms with Crippen molar-refractivity contribution in [1.82, 2.24) is 9.80 Å². The van der Waals surface area contributed by atoms with Gasteiger partial charge in [-0.2, -0.15) is 0 Å². The zero-order valence-corrected chi connectivity index (χ0v) is 9.67. The summed E-state index contributed by atoms with van der Waals surface area (Å²) in [5, 5.41) is 0. The van der Waals surface area contributed by atoms with Crippen LogP contribution in [-0.2, 0) is 4.79 Å². The van der Waals surface area contributed by atoms with Crippen LogP contribution in [0.15, 0.2) is 12.2 Å². The molecule has 2 fully saturated rings. The van der Waals surface area contributed by atoms with Crippen molar-refractivity contribution >= 4 is 17.5 Å². The normalized spacial score (nSPS) is 26.9. The fraction of sp³-hybridized carbons (Fsp3) is 0.727. The van der Waals surface area contributed by atoms with Crippen LogP contribution in [0.2, 0.25) is 0 Å². The lowest BCUT2D eigenvalue weighted by molar-refractivity contribution is -0.130. The molecule has 0 aromatic rings. The third-order valence-electron chi connectivity index (χ3n) is 3.21. The second kappa shape index (κ2) is 4.54. The van der Waals surface area contributed by atoms with E-state index in [2.05, 4.69) is 11.5 Å². The maximum atomic E-state index is 11.5. The van der Waals surface area contributed by atoms with Crippen molar-refractivity contribution < 1.29 is 4.79 Å².